The van der Waals surface area contributed by atoms with Crippen LogP contribution in [0.4, 0.5) is 0 Å². The second-order valence-corrected chi connectivity index (χ2v) is 5.60. The maximum atomic E-state index is 12.8. The van der Waals surface area contributed by atoms with Crippen LogP contribution >= 0.6 is 0 Å². The summed E-state index contributed by atoms with van der Waals surface area (Å²) < 4.78 is 32.3. The first kappa shape index (κ1) is 18.4. The predicted molar refractivity (Wildman–Crippen MR) is 98.6 cm³/mol. The van der Waals surface area contributed by atoms with Gasteiger partial charge < -0.3 is 28.4 Å². The van der Waals surface area contributed by atoms with Gasteiger partial charge in [0.15, 0.2) is 17.3 Å². The lowest BCUT2D eigenvalue weighted by Crippen LogP contribution is -2.01. The Labute approximate surface area is 157 Å². The van der Waals surface area contributed by atoms with Crippen molar-refractivity contribution in [3.63, 3.8) is 0 Å². The quantitative estimate of drug-likeness (QED) is 0.720. The Balaban J connectivity index is 2.05. The van der Waals surface area contributed by atoms with Gasteiger partial charge in [0, 0.05) is 12.1 Å². The van der Waals surface area contributed by atoms with Crippen LogP contribution in [-0.2, 0) is 0 Å². The van der Waals surface area contributed by atoms with Gasteiger partial charge in [0.2, 0.25) is 11.5 Å². The molecule has 0 fully saturated rings. The number of fused-ring (bicyclic) bond motifs is 1. The summed E-state index contributed by atoms with van der Waals surface area (Å²) in [5, 5.41) is 0. The van der Waals surface area contributed by atoms with E-state index in [1.54, 1.807) is 30.3 Å². The van der Waals surface area contributed by atoms with Crippen LogP contribution in [0.1, 0.15) is 15.9 Å². The molecular weight excluding hydrogens is 352 g/mol. The fourth-order valence-corrected chi connectivity index (χ4v) is 2.87. The van der Waals surface area contributed by atoms with E-state index in [4.69, 9.17) is 28.4 Å². The number of ketones is 1. The van der Waals surface area contributed by atoms with E-state index in [1.165, 1.54) is 35.5 Å². The van der Waals surface area contributed by atoms with Crippen LogP contribution in [0.2, 0.25) is 0 Å². The zero-order valence-corrected chi connectivity index (χ0v) is 15.7. The summed E-state index contributed by atoms with van der Waals surface area (Å²) in [5.74, 6) is 2.61. The minimum atomic E-state index is -0.279. The summed E-state index contributed by atoms with van der Waals surface area (Å²) in [6.07, 6.45) is 1.61. The van der Waals surface area contributed by atoms with E-state index in [9.17, 15) is 4.79 Å². The van der Waals surface area contributed by atoms with Crippen molar-refractivity contribution >= 4 is 11.9 Å². The highest BCUT2D eigenvalue weighted by Gasteiger charge is 2.32. The van der Waals surface area contributed by atoms with Crippen LogP contribution < -0.4 is 28.4 Å². The van der Waals surface area contributed by atoms with Crippen molar-refractivity contribution < 1.29 is 33.2 Å². The first-order valence-corrected chi connectivity index (χ1v) is 8.06. The van der Waals surface area contributed by atoms with E-state index >= 15 is 0 Å². The molecule has 0 N–H and O–H groups in total. The van der Waals surface area contributed by atoms with Gasteiger partial charge >= 0.3 is 0 Å². The number of Topliss-reactive ketones (excluding diaryl/α,β-unsaturated/α-hetero) is 1. The topological polar surface area (TPSA) is 72.5 Å². The minimum absolute atomic E-state index is 0.158. The molecule has 142 valence electrons. The number of hydrogen-bond acceptors (Lipinski definition) is 7. The molecule has 0 aliphatic carbocycles. The average Bonchev–Trinajstić information content (AvgIpc) is 3.01. The Hall–Kier alpha value is -3.35. The number of benzene rings is 2. The fraction of sp³-hybridized carbons (Fsp3) is 0.250. The van der Waals surface area contributed by atoms with Crippen molar-refractivity contribution in [1.29, 1.82) is 0 Å². The first-order chi connectivity index (χ1) is 13.1. The molecule has 1 heterocycles. The number of allylic oxidation sites excluding steroid dienone is 1. The van der Waals surface area contributed by atoms with E-state index < -0.39 is 0 Å². The molecule has 27 heavy (non-hydrogen) atoms. The monoisotopic (exact) mass is 372 g/mol. The number of carbonyl (C=O) groups is 1. The van der Waals surface area contributed by atoms with Crippen LogP contribution in [0.3, 0.4) is 0 Å². The van der Waals surface area contributed by atoms with E-state index in [1.807, 2.05) is 0 Å². The van der Waals surface area contributed by atoms with Gasteiger partial charge in [-0.1, -0.05) is 0 Å². The van der Waals surface area contributed by atoms with Crippen LogP contribution in [0.15, 0.2) is 30.0 Å². The zero-order valence-electron chi connectivity index (χ0n) is 15.7. The van der Waals surface area contributed by atoms with Crippen LogP contribution in [0.25, 0.3) is 6.08 Å². The average molecular weight is 372 g/mol. The van der Waals surface area contributed by atoms with Gasteiger partial charge in [-0.15, -0.1) is 0 Å². The molecule has 0 aromatic heterocycles. The molecule has 0 radical (unpaired) electrons. The molecule has 0 spiro atoms. The van der Waals surface area contributed by atoms with Gasteiger partial charge in [0.1, 0.15) is 22.8 Å². The van der Waals surface area contributed by atoms with E-state index in [0.717, 1.165) is 0 Å². The van der Waals surface area contributed by atoms with Gasteiger partial charge in [-0.05, 0) is 23.8 Å². The summed E-state index contributed by atoms with van der Waals surface area (Å²) in [6, 6.07) is 6.74. The van der Waals surface area contributed by atoms with Gasteiger partial charge in [0.25, 0.3) is 0 Å². The SMILES string of the molecule is COc1cc(OC)c2c(c1)O/C(=C\c1cc(OC)c(OC)c(OC)c1)C2=O. The van der Waals surface area contributed by atoms with Crippen molar-refractivity contribution in [2.45, 2.75) is 0 Å². The maximum Gasteiger partial charge on any atom is 0.235 e. The molecule has 0 saturated carbocycles. The Morgan fingerprint density at radius 3 is 1.93 bits per heavy atom. The lowest BCUT2D eigenvalue weighted by Gasteiger charge is -2.13. The molecule has 7 heteroatoms. The smallest absolute Gasteiger partial charge is 0.235 e. The molecular formula is C20H20O7. The Bertz CT molecular complexity index is 890. The highest BCUT2D eigenvalue weighted by atomic mass is 16.5. The number of rotatable bonds is 6. The van der Waals surface area contributed by atoms with Crippen LogP contribution in [0.5, 0.6) is 34.5 Å². The predicted octanol–water partition coefficient (Wildman–Crippen LogP) is 3.35. The zero-order chi connectivity index (χ0) is 19.6. The molecule has 0 atom stereocenters. The second kappa shape index (κ2) is 7.49. The van der Waals surface area contributed by atoms with Gasteiger partial charge in [-0.25, -0.2) is 0 Å². The minimum Gasteiger partial charge on any atom is -0.496 e. The number of carbonyl (C=O) groups excluding carboxylic acids is 1. The second-order valence-electron chi connectivity index (χ2n) is 5.60. The summed E-state index contributed by atoms with van der Waals surface area (Å²) in [5.41, 5.74) is 1.02. The van der Waals surface area contributed by atoms with E-state index in [0.29, 0.717) is 45.6 Å². The Kier molecular flexibility index (Phi) is 5.12. The van der Waals surface area contributed by atoms with Gasteiger partial charge in [0.05, 0.1) is 35.5 Å². The van der Waals surface area contributed by atoms with E-state index in [2.05, 4.69) is 0 Å². The lowest BCUT2D eigenvalue weighted by atomic mass is 10.1. The molecule has 1 aliphatic heterocycles. The lowest BCUT2D eigenvalue weighted by molar-refractivity contribution is 0.101. The number of hydrogen-bond donors (Lipinski definition) is 0. The molecule has 0 unspecified atom stereocenters. The third-order valence-electron chi connectivity index (χ3n) is 4.15. The normalized spacial score (nSPS) is 13.8. The molecule has 0 saturated heterocycles. The van der Waals surface area contributed by atoms with Crippen LogP contribution in [-0.4, -0.2) is 41.3 Å². The maximum absolute atomic E-state index is 12.8. The summed E-state index contributed by atoms with van der Waals surface area (Å²) >= 11 is 0. The largest absolute Gasteiger partial charge is 0.496 e. The van der Waals surface area contributed by atoms with Crippen molar-refractivity contribution in [2.75, 3.05) is 35.5 Å². The third-order valence-corrected chi connectivity index (χ3v) is 4.15. The Morgan fingerprint density at radius 2 is 1.41 bits per heavy atom. The summed E-state index contributed by atoms with van der Waals surface area (Å²) in [6.45, 7) is 0. The van der Waals surface area contributed by atoms with Crippen molar-refractivity contribution in [2.24, 2.45) is 0 Å². The van der Waals surface area contributed by atoms with E-state index in [-0.39, 0.29) is 11.5 Å². The Morgan fingerprint density at radius 1 is 0.778 bits per heavy atom. The molecule has 0 amide bonds. The van der Waals surface area contributed by atoms with Crippen LogP contribution in [0, 0.1) is 0 Å². The molecule has 1 aliphatic rings. The summed E-state index contributed by atoms with van der Waals surface area (Å²) in [4.78, 5) is 12.8. The molecule has 0 bridgehead atoms. The first-order valence-electron chi connectivity index (χ1n) is 8.06. The molecule has 2 aromatic carbocycles. The number of methoxy groups -OCH3 is 5. The molecule has 2 aromatic rings. The number of ether oxygens (including phenoxy) is 6. The van der Waals surface area contributed by atoms with Crippen molar-refractivity contribution in [3.8, 4) is 34.5 Å². The fourth-order valence-electron chi connectivity index (χ4n) is 2.87. The van der Waals surface area contributed by atoms with Gasteiger partial charge in [-0.3, -0.25) is 4.79 Å². The highest BCUT2D eigenvalue weighted by molar-refractivity contribution is 6.16. The summed E-state index contributed by atoms with van der Waals surface area (Å²) in [7, 11) is 7.60. The third kappa shape index (κ3) is 3.23. The van der Waals surface area contributed by atoms with Crippen molar-refractivity contribution in [3.05, 3.63) is 41.2 Å². The molecule has 7 nitrogen and oxygen atoms in total. The highest BCUT2D eigenvalue weighted by Crippen LogP contribution is 2.43. The van der Waals surface area contributed by atoms with Gasteiger partial charge in [-0.2, -0.15) is 0 Å². The molecule has 3 rings (SSSR count). The standard InChI is InChI=1S/C20H20O7/c1-22-12-9-13(23-2)18-14(10-12)27-15(19(18)21)6-11-7-16(24-3)20(26-5)17(8-11)25-4/h6-10H,1-5H3/b15-6-. The van der Waals surface area contributed by atoms with Crippen molar-refractivity contribution in [1.82, 2.24) is 0 Å².